The van der Waals surface area contributed by atoms with Gasteiger partial charge in [0.2, 0.25) is 0 Å². The lowest BCUT2D eigenvalue weighted by Gasteiger charge is -2.09. The van der Waals surface area contributed by atoms with Gasteiger partial charge in [-0.25, -0.2) is 19.7 Å². The van der Waals surface area contributed by atoms with E-state index in [1.165, 1.54) is 27.2 Å². The standard InChI is InChI=1S/C19H21N7O3S/c1-23-12-20-15-14(23)16(27)25(19(29)24(15)2)9-6-10-30-18-22-21-17(28)26(18)11-13-7-4-3-5-8-13/h3-5,7-8,12H,6,9-11H2,1-2H3,(H,21,28). The summed E-state index contributed by atoms with van der Waals surface area (Å²) in [5, 5.41) is 7.15. The van der Waals surface area contributed by atoms with Gasteiger partial charge in [0.15, 0.2) is 16.3 Å². The molecule has 0 unspecified atom stereocenters. The number of fused-ring (bicyclic) bond motifs is 1. The topological polar surface area (TPSA) is 112 Å². The number of aryl methyl sites for hydroxylation is 2. The zero-order valence-corrected chi connectivity index (χ0v) is 17.4. The van der Waals surface area contributed by atoms with Crippen LogP contribution in [-0.2, 0) is 27.2 Å². The molecule has 0 aliphatic heterocycles. The molecule has 0 fully saturated rings. The first-order chi connectivity index (χ1) is 14.5. The number of hydrogen-bond donors (Lipinski definition) is 1. The zero-order valence-electron chi connectivity index (χ0n) is 16.6. The molecule has 3 aromatic heterocycles. The van der Waals surface area contributed by atoms with Crippen LogP contribution in [0.5, 0.6) is 0 Å². The van der Waals surface area contributed by atoms with Crippen molar-refractivity contribution in [1.82, 2.24) is 33.4 Å². The second kappa shape index (κ2) is 8.19. The lowest BCUT2D eigenvalue weighted by Crippen LogP contribution is -2.39. The summed E-state index contributed by atoms with van der Waals surface area (Å²) in [5.41, 5.74) is 0.764. The molecule has 0 atom stereocenters. The van der Waals surface area contributed by atoms with E-state index in [4.69, 9.17) is 0 Å². The maximum atomic E-state index is 12.7. The number of aromatic nitrogens is 7. The van der Waals surface area contributed by atoms with Crippen LogP contribution in [0.2, 0.25) is 0 Å². The Balaban J connectivity index is 1.47. The average Bonchev–Trinajstić information content (AvgIpc) is 3.30. The van der Waals surface area contributed by atoms with Gasteiger partial charge < -0.3 is 4.57 Å². The van der Waals surface area contributed by atoms with Crippen LogP contribution in [0.1, 0.15) is 12.0 Å². The average molecular weight is 427 g/mol. The Morgan fingerprint density at radius 1 is 1.07 bits per heavy atom. The van der Waals surface area contributed by atoms with Crippen molar-refractivity contribution in [2.75, 3.05) is 5.75 Å². The molecule has 11 heteroatoms. The zero-order chi connectivity index (χ0) is 21.3. The minimum absolute atomic E-state index is 0.270. The van der Waals surface area contributed by atoms with Crippen LogP contribution in [0.4, 0.5) is 0 Å². The van der Waals surface area contributed by atoms with Gasteiger partial charge in [-0.1, -0.05) is 42.1 Å². The van der Waals surface area contributed by atoms with Gasteiger partial charge in [0, 0.05) is 26.4 Å². The molecule has 30 heavy (non-hydrogen) atoms. The summed E-state index contributed by atoms with van der Waals surface area (Å²) in [4.78, 5) is 41.5. The number of nitrogens with zero attached hydrogens (tertiary/aromatic N) is 6. The molecule has 156 valence electrons. The van der Waals surface area contributed by atoms with Gasteiger partial charge in [0.25, 0.3) is 5.56 Å². The molecule has 4 aromatic rings. The van der Waals surface area contributed by atoms with Gasteiger partial charge in [-0.3, -0.25) is 18.5 Å². The van der Waals surface area contributed by atoms with E-state index in [-0.39, 0.29) is 17.8 Å². The summed E-state index contributed by atoms with van der Waals surface area (Å²) < 4.78 is 5.81. The fourth-order valence-electron chi connectivity index (χ4n) is 3.30. The molecular weight excluding hydrogens is 406 g/mol. The summed E-state index contributed by atoms with van der Waals surface area (Å²) in [5.74, 6) is 0.595. The number of nitrogens with one attached hydrogen (secondary N) is 1. The third kappa shape index (κ3) is 3.63. The third-order valence-corrected chi connectivity index (χ3v) is 5.93. The molecule has 10 nitrogen and oxygen atoms in total. The number of imidazole rings is 1. The van der Waals surface area contributed by atoms with Crippen LogP contribution in [0, 0.1) is 0 Å². The molecule has 0 saturated carbocycles. The number of thioether (sulfide) groups is 1. The Morgan fingerprint density at radius 2 is 1.83 bits per heavy atom. The van der Waals surface area contributed by atoms with E-state index < -0.39 is 5.69 Å². The highest BCUT2D eigenvalue weighted by atomic mass is 32.2. The second-order valence-electron chi connectivity index (χ2n) is 6.91. The minimum atomic E-state index is -0.392. The monoisotopic (exact) mass is 427 g/mol. The number of rotatable bonds is 7. The van der Waals surface area contributed by atoms with Crippen molar-refractivity contribution in [3.8, 4) is 0 Å². The van der Waals surface area contributed by atoms with E-state index in [1.54, 1.807) is 23.2 Å². The van der Waals surface area contributed by atoms with Crippen LogP contribution >= 0.6 is 11.8 Å². The summed E-state index contributed by atoms with van der Waals surface area (Å²) >= 11 is 1.41. The molecule has 1 aromatic carbocycles. The van der Waals surface area contributed by atoms with E-state index >= 15 is 0 Å². The van der Waals surface area contributed by atoms with Crippen molar-refractivity contribution < 1.29 is 0 Å². The van der Waals surface area contributed by atoms with E-state index in [9.17, 15) is 14.4 Å². The smallest absolute Gasteiger partial charge is 0.328 e. The molecule has 0 aliphatic carbocycles. The Morgan fingerprint density at radius 3 is 2.60 bits per heavy atom. The van der Waals surface area contributed by atoms with Gasteiger partial charge in [0.1, 0.15) is 0 Å². The van der Waals surface area contributed by atoms with Crippen molar-refractivity contribution in [2.45, 2.75) is 24.7 Å². The molecule has 0 bridgehead atoms. The minimum Gasteiger partial charge on any atom is -0.328 e. The van der Waals surface area contributed by atoms with Crippen LogP contribution in [0.15, 0.2) is 56.2 Å². The van der Waals surface area contributed by atoms with Crippen LogP contribution in [-0.4, -0.2) is 39.2 Å². The molecule has 0 aliphatic rings. The van der Waals surface area contributed by atoms with Gasteiger partial charge in [-0.2, -0.15) is 0 Å². The Bertz CT molecular complexity index is 1360. The highest BCUT2D eigenvalue weighted by Crippen LogP contribution is 2.16. The van der Waals surface area contributed by atoms with Crippen molar-refractivity contribution >= 4 is 22.9 Å². The predicted molar refractivity (Wildman–Crippen MR) is 114 cm³/mol. The van der Waals surface area contributed by atoms with E-state index in [2.05, 4.69) is 15.2 Å². The van der Waals surface area contributed by atoms with Crippen molar-refractivity contribution in [3.05, 3.63) is 73.5 Å². The van der Waals surface area contributed by atoms with E-state index in [0.717, 1.165) is 5.56 Å². The van der Waals surface area contributed by atoms with Gasteiger partial charge in [-0.15, -0.1) is 5.10 Å². The lowest BCUT2D eigenvalue weighted by atomic mass is 10.2. The normalized spacial score (nSPS) is 11.4. The highest BCUT2D eigenvalue weighted by Gasteiger charge is 2.15. The van der Waals surface area contributed by atoms with Gasteiger partial charge in [-0.05, 0) is 12.0 Å². The quantitative estimate of drug-likeness (QED) is 0.340. The molecule has 0 spiro atoms. The number of hydrogen-bond acceptors (Lipinski definition) is 6. The SMILES string of the molecule is Cn1cnc2c1c(=O)n(CCCSc1n[nH]c(=O)n1Cc1ccccc1)c(=O)n2C. The number of benzene rings is 1. The number of aromatic amines is 1. The molecule has 3 heterocycles. The van der Waals surface area contributed by atoms with Gasteiger partial charge in [0.05, 0.1) is 12.9 Å². The second-order valence-corrected chi connectivity index (χ2v) is 7.97. The lowest BCUT2D eigenvalue weighted by molar-refractivity contribution is 0.593. The fraction of sp³-hybridized carbons (Fsp3) is 0.316. The van der Waals surface area contributed by atoms with E-state index in [1.807, 2.05) is 30.3 Å². The Labute approximate surface area is 174 Å². The molecular formula is C19H21N7O3S. The first-order valence-electron chi connectivity index (χ1n) is 9.40. The van der Waals surface area contributed by atoms with Crippen LogP contribution < -0.4 is 16.9 Å². The number of H-pyrrole nitrogens is 1. The summed E-state index contributed by atoms with van der Waals surface area (Å²) in [6, 6.07) is 9.66. The Hall–Kier alpha value is -3.34. The maximum absolute atomic E-state index is 12.7. The fourth-order valence-corrected chi connectivity index (χ4v) is 4.17. The highest BCUT2D eigenvalue weighted by molar-refractivity contribution is 7.99. The first-order valence-corrected chi connectivity index (χ1v) is 10.4. The molecule has 0 saturated heterocycles. The van der Waals surface area contributed by atoms with Crippen molar-refractivity contribution in [1.29, 1.82) is 0 Å². The van der Waals surface area contributed by atoms with Crippen molar-refractivity contribution in [3.63, 3.8) is 0 Å². The third-order valence-electron chi connectivity index (χ3n) is 4.86. The maximum Gasteiger partial charge on any atom is 0.344 e. The van der Waals surface area contributed by atoms with Crippen LogP contribution in [0.25, 0.3) is 11.2 Å². The summed E-state index contributed by atoms with van der Waals surface area (Å²) in [6.07, 6.45) is 2.09. The first kappa shape index (κ1) is 20.0. The molecule has 0 radical (unpaired) electrons. The predicted octanol–water partition coefficient (Wildman–Crippen LogP) is 0.549. The summed E-state index contributed by atoms with van der Waals surface area (Å²) in [7, 11) is 3.33. The molecule has 0 amide bonds. The Kier molecular flexibility index (Phi) is 5.44. The molecule has 4 rings (SSSR count). The van der Waals surface area contributed by atoms with E-state index in [0.29, 0.717) is 35.0 Å². The van der Waals surface area contributed by atoms with Gasteiger partial charge >= 0.3 is 11.4 Å². The summed E-state index contributed by atoms with van der Waals surface area (Å²) in [6.45, 7) is 0.697. The van der Waals surface area contributed by atoms with Crippen molar-refractivity contribution in [2.24, 2.45) is 14.1 Å². The van der Waals surface area contributed by atoms with Crippen LogP contribution in [0.3, 0.4) is 0 Å². The largest absolute Gasteiger partial charge is 0.344 e. The molecule has 1 N–H and O–H groups in total.